The van der Waals surface area contributed by atoms with Gasteiger partial charge < -0.3 is 0 Å². The van der Waals surface area contributed by atoms with Gasteiger partial charge in [-0.15, -0.1) is 0 Å². The molecule has 0 saturated carbocycles. The smallest absolute Gasteiger partial charge is 0.270 e. The van der Waals surface area contributed by atoms with Crippen molar-refractivity contribution in [2.45, 2.75) is 32.4 Å². The summed E-state index contributed by atoms with van der Waals surface area (Å²) < 4.78 is 1.75. The Hall–Kier alpha value is -3.18. The van der Waals surface area contributed by atoms with Crippen molar-refractivity contribution >= 4 is 6.21 Å². The number of allylic oxidation sites excluding steroid dienone is 5. The summed E-state index contributed by atoms with van der Waals surface area (Å²) in [7, 11) is 1.80. The van der Waals surface area contributed by atoms with Crippen LogP contribution in [0.5, 0.6) is 0 Å². The standard InChI is InChI=1S/C26H32N4O/c1-5-11-20(17-27-4)18-29-16-15-23-24(19-29)28-30(26(23)31)25(21(7-3)12-6-2)22-13-9-8-10-14-22/h6-14,17,25,28H,2-3,5,15-16,18-19H2,1,4H3/b20-11+,21-12+,27-17?. The first-order valence-electron chi connectivity index (χ1n) is 10.8. The number of fused-ring (bicyclic) bond motifs is 1. The zero-order chi connectivity index (χ0) is 22.2. The van der Waals surface area contributed by atoms with Gasteiger partial charge in [-0.05, 0) is 29.6 Å². The van der Waals surface area contributed by atoms with E-state index in [-0.39, 0.29) is 11.6 Å². The minimum atomic E-state index is -0.272. The summed E-state index contributed by atoms with van der Waals surface area (Å²) in [5.41, 5.74) is 5.07. The molecule has 1 aliphatic rings. The van der Waals surface area contributed by atoms with E-state index in [0.717, 1.165) is 48.3 Å². The fourth-order valence-corrected chi connectivity index (χ4v) is 4.19. The minimum Gasteiger partial charge on any atom is -0.297 e. The highest BCUT2D eigenvalue weighted by Crippen LogP contribution is 2.27. The summed E-state index contributed by atoms with van der Waals surface area (Å²) in [4.78, 5) is 19.9. The molecule has 31 heavy (non-hydrogen) atoms. The molecule has 162 valence electrons. The van der Waals surface area contributed by atoms with Gasteiger partial charge in [-0.3, -0.25) is 19.8 Å². The summed E-state index contributed by atoms with van der Waals surface area (Å²) in [5, 5.41) is 3.43. The molecule has 0 aliphatic carbocycles. The Morgan fingerprint density at radius 3 is 2.71 bits per heavy atom. The number of nitrogens with zero attached hydrogens (tertiary/aromatic N) is 3. The van der Waals surface area contributed by atoms with Crippen LogP contribution in [0.2, 0.25) is 0 Å². The van der Waals surface area contributed by atoms with Crippen LogP contribution in [0.3, 0.4) is 0 Å². The van der Waals surface area contributed by atoms with Crippen molar-refractivity contribution in [3.8, 4) is 0 Å². The van der Waals surface area contributed by atoms with Gasteiger partial charge in [0, 0.05) is 38.5 Å². The number of nitrogens with one attached hydrogen (secondary N) is 1. The molecular formula is C26H32N4O. The Bertz CT molecular complexity index is 1050. The highest BCUT2D eigenvalue weighted by molar-refractivity contribution is 5.78. The molecule has 0 bridgehead atoms. The molecular weight excluding hydrogens is 384 g/mol. The lowest BCUT2D eigenvalue weighted by Crippen LogP contribution is -2.34. The second-order valence-electron chi connectivity index (χ2n) is 7.70. The van der Waals surface area contributed by atoms with E-state index < -0.39 is 0 Å². The molecule has 0 fully saturated rings. The molecule has 0 radical (unpaired) electrons. The van der Waals surface area contributed by atoms with E-state index in [2.05, 4.69) is 41.1 Å². The van der Waals surface area contributed by atoms with Crippen LogP contribution in [0.15, 0.2) is 88.7 Å². The Morgan fingerprint density at radius 1 is 1.29 bits per heavy atom. The molecule has 5 nitrogen and oxygen atoms in total. The van der Waals surface area contributed by atoms with Crippen LogP contribution in [-0.4, -0.2) is 41.0 Å². The van der Waals surface area contributed by atoms with Crippen molar-refractivity contribution in [2.75, 3.05) is 20.1 Å². The Balaban J connectivity index is 1.97. The molecule has 3 rings (SSSR count). The second kappa shape index (κ2) is 10.7. The lowest BCUT2D eigenvalue weighted by molar-refractivity contribution is 0.274. The fourth-order valence-electron chi connectivity index (χ4n) is 4.19. The van der Waals surface area contributed by atoms with Crippen molar-refractivity contribution in [3.63, 3.8) is 0 Å². The van der Waals surface area contributed by atoms with Gasteiger partial charge in [-0.25, -0.2) is 4.68 Å². The monoisotopic (exact) mass is 416 g/mol. The number of aliphatic imine (C=N–C) groups is 1. The molecule has 2 aromatic rings. The van der Waals surface area contributed by atoms with Gasteiger partial charge in [0.05, 0.1) is 5.69 Å². The topological polar surface area (TPSA) is 53.4 Å². The number of hydrogen-bond acceptors (Lipinski definition) is 3. The van der Waals surface area contributed by atoms with Crippen LogP contribution in [0, 0.1) is 0 Å². The van der Waals surface area contributed by atoms with Crippen molar-refractivity contribution in [3.05, 3.63) is 106 Å². The highest BCUT2D eigenvalue weighted by atomic mass is 16.1. The van der Waals surface area contributed by atoms with Gasteiger partial charge in [-0.2, -0.15) is 0 Å². The van der Waals surface area contributed by atoms with Gasteiger partial charge in [0.2, 0.25) is 0 Å². The van der Waals surface area contributed by atoms with E-state index in [1.807, 2.05) is 42.6 Å². The van der Waals surface area contributed by atoms with Crippen LogP contribution in [0.25, 0.3) is 0 Å². The molecule has 0 amide bonds. The lowest BCUT2D eigenvalue weighted by Gasteiger charge is -2.26. The SMILES string of the molecule is C=C/C=C(\C=C)C(c1ccccc1)n1[nH]c2c(c1=O)CCN(C/C(C=NC)=C/CC)C2. The molecule has 1 aliphatic heterocycles. The van der Waals surface area contributed by atoms with Crippen molar-refractivity contribution in [2.24, 2.45) is 4.99 Å². The maximum absolute atomic E-state index is 13.4. The van der Waals surface area contributed by atoms with E-state index in [1.54, 1.807) is 23.9 Å². The van der Waals surface area contributed by atoms with Crippen LogP contribution in [0.4, 0.5) is 0 Å². The van der Waals surface area contributed by atoms with E-state index >= 15 is 0 Å². The van der Waals surface area contributed by atoms with Crippen LogP contribution in [0.1, 0.15) is 36.2 Å². The van der Waals surface area contributed by atoms with E-state index in [1.165, 1.54) is 5.57 Å². The quantitative estimate of drug-likeness (QED) is 0.485. The zero-order valence-corrected chi connectivity index (χ0v) is 18.6. The van der Waals surface area contributed by atoms with E-state index in [0.29, 0.717) is 6.54 Å². The zero-order valence-electron chi connectivity index (χ0n) is 18.6. The van der Waals surface area contributed by atoms with Crippen molar-refractivity contribution < 1.29 is 0 Å². The van der Waals surface area contributed by atoms with Crippen LogP contribution < -0.4 is 5.56 Å². The first kappa shape index (κ1) is 22.5. The van der Waals surface area contributed by atoms with Gasteiger partial charge in [-0.1, -0.05) is 74.7 Å². The Labute approximate surface area is 184 Å². The lowest BCUT2D eigenvalue weighted by atomic mass is 9.98. The molecule has 2 heterocycles. The third kappa shape index (κ3) is 5.12. The normalized spacial score (nSPS) is 16.3. The largest absolute Gasteiger partial charge is 0.297 e. The third-order valence-corrected chi connectivity index (χ3v) is 5.56. The molecule has 5 heteroatoms. The number of benzene rings is 1. The van der Waals surface area contributed by atoms with Gasteiger partial charge in [0.15, 0.2) is 0 Å². The molecule has 1 atom stereocenters. The summed E-state index contributed by atoms with van der Waals surface area (Å²) >= 11 is 0. The summed E-state index contributed by atoms with van der Waals surface area (Å²) in [6, 6.07) is 9.76. The number of aromatic amines is 1. The van der Waals surface area contributed by atoms with Crippen molar-refractivity contribution in [1.29, 1.82) is 0 Å². The number of hydrogen-bond donors (Lipinski definition) is 1. The minimum absolute atomic E-state index is 0.0414. The number of aromatic nitrogens is 2. The van der Waals surface area contributed by atoms with Crippen LogP contribution >= 0.6 is 0 Å². The second-order valence-corrected chi connectivity index (χ2v) is 7.70. The summed E-state index contributed by atoms with van der Waals surface area (Å²) in [6.07, 6.45) is 11.3. The Kier molecular flexibility index (Phi) is 7.79. The average molecular weight is 417 g/mol. The number of rotatable bonds is 9. The van der Waals surface area contributed by atoms with Crippen molar-refractivity contribution in [1.82, 2.24) is 14.7 Å². The van der Waals surface area contributed by atoms with E-state index in [4.69, 9.17) is 0 Å². The fraction of sp³-hybridized carbons (Fsp3) is 0.308. The summed E-state index contributed by atoms with van der Waals surface area (Å²) in [6.45, 7) is 12.3. The molecule has 1 unspecified atom stereocenters. The average Bonchev–Trinajstić information content (AvgIpc) is 3.10. The Morgan fingerprint density at radius 2 is 2.06 bits per heavy atom. The first-order valence-corrected chi connectivity index (χ1v) is 10.8. The number of H-pyrrole nitrogens is 1. The molecule has 0 spiro atoms. The third-order valence-electron chi connectivity index (χ3n) is 5.56. The molecule has 1 N–H and O–H groups in total. The highest BCUT2D eigenvalue weighted by Gasteiger charge is 2.27. The van der Waals surface area contributed by atoms with Crippen LogP contribution in [-0.2, 0) is 13.0 Å². The predicted octanol–water partition coefficient (Wildman–Crippen LogP) is 4.46. The predicted molar refractivity (Wildman–Crippen MR) is 130 cm³/mol. The molecule has 1 aromatic heterocycles. The van der Waals surface area contributed by atoms with Gasteiger partial charge in [0.1, 0.15) is 6.04 Å². The molecule has 1 aromatic carbocycles. The van der Waals surface area contributed by atoms with Gasteiger partial charge >= 0.3 is 0 Å². The molecule has 0 saturated heterocycles. The van der Waals surface area contributed by atoms with E-state index in [9.17, 15) is 4.79 Å². The maximum Gasteiger partial charge on any atom is 0.270 e. The van der Waals surface area contributed by atoms with Gasteiger partial charge in [0.25, 0.3) is 5.56 Å². The maximum atomic E-state index is 13.4. The summed E-state index contributed by atoms with van der Waals surface area (Å²) in [5.74, 6) is 0. The first-order chi connectivity index (χ1) is 15.1.